The van der Waals surface area contributed by atoms with Gasteiger partial charge in [-0.1, -0.05) is 23.8 Å². The van der Waals surface area contributed by atoms with E-state index in [1.807, 2.05) is 48.9 Å². The number of nitrogens with zero attached hydrogens (tertiary/aromatic N) is 4. The van der Waals surface area contributed by atoms with Crippen LogP contribution in [0.2, 0.25) is 0 Å². The standard InChI is InChI=1S/C24H21N5S/c1-17-7-9-19(10-8-17)29-23(22(27-24(29)30)20-5-2-3-13-26-20)21-6-4-16-28(21)18-11-14-25-15-12-18/h2-16,22-23H,1H3,(H,27,30)/t22-,23+/m1/s1. The molecular formula is C24H21N5S. The van der Waals surface area contributed by atoms with Crippen LogP contribution < -0.4 is 10.2 Å². The van der Waals surface area contributed by atoms with E-state index in [0.29, 0.717) is 5.11 Å². The van der Waals surface area contributed by atoms with Crippen LogP contribution in [0.15, 0.2) is 91.5 Å². The van der Waals surface area contributed by atoms with E-state index in [4.69, 9.17) is 12.2 Å². The zero-order chi connectivity index (χ0) is 20.5. The Morgan fingerprint density at radius 2 is 1.67 bits per heavy atom. The fourth-order valence-electron chi connectivity index (χ4n) is 4.01. The first kappa shape index (κ1) is 18.5. The smallest absolute Gasteiger partial charge is 0.174 e. The van der Waals surface area contributed by atoms with Crippen LogP contribution >= 0.6 is 12.2 Å². The molecule has 3 aromatic heterocycles. The Morgan fingerprint density at radius 1 is 0.867 bits per heavy atom. The molecule has 1 aliphatic heterocycles. The molecule has 30 heavy (non-hydrogen) atoms. The molecule has 5 nitrogen and oxygen atoms in total. The van der Waals surface area contributed by atoms with Crippen LogP contribution in [-0.2, 0) is 0 Å². The van der Waals surface area contributed by atoms with E-state index >= 15 is 0 Å². The Bertz CT molecular complexity index is 1160. The normalized spacial score (nSPS) is 18.4. The molecule has 1 N–H and O–H groups in total. The number of pyridine rings is 2. The lowest BCUT2D eigenvalue weighted by atomic mass is 10.0. The summed E-state index contributed by atoms with van der Waals surface area (Å²) in [6, 6.07) is 22.6. The van der Waals surface area contributed by atoms with Crippen LogP contribution in [0.4, 0.5) is 5.69 Å². The first-order chi connectivity index (χ1) is 14.7. The van der Waals surface area contributed by atoms with Crippen molar-refractivity contribution in [2.75, 3.05) is 4.90 Å². The van der Waals surface area contributed by atoms with Crippen molar-refractivity contribution in [3.05, 3.63) is 108 Å². The number of rotatable bonds is 4. The van der Waals surface area contributed by atoms with E-state index in [2.05, 4.69) is 74.3 Å². The molecule has 0 aliphatic carbocycles. The lowest BCUT2D eigenvalue weighted by Gasteiger charge is -2.29. The first-order valence-electron chi connectivity index (χ1n) is 9.87. The van der Waals surface area contributed by atoms with Gasteiger partial charge in [-0.15, -0.1) is 0 Å². The fourth-order valence-corrected chi connectivity index (χ4v) is 4.36. The van der Waals surface area contributed by atoms with Gasteiger partial charge in [-0.3, -0.25) is 9.97 Å². The largest absolute Gasteiger partial charge is 0.351 e. The Labute approximate surface area is 181 Å². The Kier molecular flexibility index (Phi) is 4.77. The van der Waals surface area contributed by atoms with Gasteiger partial charge < -0.3 is 14.8 Å². The van der Waals surface area contributed by atoms with E-state index in [1.54, 1.807) is 0 Å². The maximum Gasteiger partial charge on any atom is 0.174 e. The van der Waals surface area contributed by atoms with Gasteiger partial charge in [0.05, 0.1) is 11.7 Å². The van der Waals surface area contributed by atoms with E-state index in [0.717, 1.165) is 22.8 Å². The second-order valence-corrected chi connectivity index (χ2v) is 7.73. The van der Waals surface area contributed by atoms with Crippen molar-refractivity contribution in [2.45, 2.75) is 19.0 Å². The van der Waals surface area contributed by atoms with Gasteiger partial charge >= 0.3 is 0 Å². The van der Waals surface area contributed by atoms with Crippen LogP contribution in [0.3, 0.4) is 0 Å². The van der Waals surface area contributed by atoms with Crippen molar-refractivity contribution < 1.29 is 0 Å². The molecule has 0 spiro atoms. The molecule has 0 saturated carbocycles. The third-order valence-corrected chi connectivity index (χ3v) is 5.75. The lowest BCUT2D eigenvalue weighted by Crippen LogP contribution is -2.30. The molecular weight excluding hydrogens is 390 g/mol. The third-order valence-electron chi connectivity index (χ3n) is 5.43. The molecule has 6 heteroatoms. The summed E-state index contributed by atoms with van der Waals surface area (Å²) >= 11 is 5.81. The summed E-state index contributed by atoms with van der Waals surface area (Å²) in [7, 11) is 0. The summed E-state index contributed by atoms with van der Waals surface area (Å²) in [5.41, 5.74) is 5.43. The summed E-state index contributed by atoms with van der Waals surface area (Å²) in [4.78, 5) is 11.0. The monoisotopic (exact) mass is 411 g/mol. The van der Waals surface area contributed by atoms with Gasteiger partial charge in [-0.25, -0.2) is 0 Å². The molecule has 0 unspecified atom stereocenters. The average Bonchev–Trinajstić information content (AvgIpc) is 3.40. The summed E-state index contributed by atoms with van der Waals surface area (Å²) < 4.78 is 2.19. The topological polar surface area (TPSA) is 46.0 Å². The molecule has 0 bridgehead atoms. The quantitative estimate of drug-likeness (QED) is 0.491. The molecule has 1 aromatic carbocycles. The number of benzene rings is 1. The van der Waals surface area contributed by atoms with Crippen molar-refractivity contribution in [1.82, 2.24) is 19.9 Å². The molecule has 2 atom stereocenters. The number of hydrogen-bond donors (Lipinski definition) is 1. The average molecular weight is 412 g/mol. The van der Waals surface area contributed by atoms with Gasteiger partial charge in [0.2, 0.25) is 0 Å². The van der Waals surface area contributed by atoms with Crippen molar-refractivity contribution in [3.8, 4) is 5.69 Å². The van der Waals surface area contributed by atoms with Crippen LogP contribution in [0.1, 0.15) is 29.0 Å². The van der Waals surface area contributed by atoms with Crippen LogP contribution in [-0.4, -0.2) is 19.6 Å². The van der Waals surface area contributed by atoms with E-state index in [1.165, 1.54) is 5.56 Å². The number of nitrogens with one attached hydrogen (secondary N) is 1. The van der Waals surface area contributed by atoms with Gasteiger partial charge in [-0.2, -0.15) is 0 Å². The minimum Gasteiger partial charge on any atom is -0.351 e. The van der Waals surface area contributed by atoms with Gasteiger partial charge in [0.1, 0.15) is 6.04 Å². The highest BCUT2D eigenvalue weighted by atomic mass is 32.1. The summed E-state index contributed by atoms with van der Waals surface area (Å²) in [5.74, 6) is 0. The zero-order valence-corrected chi connectivity index (χ0v) is 17.3. The molecule has 5 rings (SSSR count). The highest BCUT2D eigenvalue weighted by Crippen LogP contribution is 2.42. The number of hydrogen-bond acceptors (Lipinski definition) is 3. The summed E-state index contributed by atoms with van der Waals surface area (Å²) in [5, 5.41) is 4.22. The number of aromatic nitrogens is 3. The fraction of sp³-hybridized carbons (Fsp3) is 0.125. The molecule has 4 heterocycles. The van der Waals surface area contributed by atoms with Gasteiger partial charge in [-0.05, 0) is 67.7 Å². The van der Waals surface area contributed by atoms with Crippen molar-refractivity contribution in [2.24, 2.45) is 0 Å². The van der Waals surface area contributed by atoms with E-state index in [9.17, 15) is 0 Å². The van der Waals surface area contributed by atoms with Crippen molar-refractivity contribution in [3.63, 3.8) is 0 Å². The first-order valence-corrected chi connectivity index (χ1v) is 10.3. The Balaban J connectivity index is 1.67. The van der Waals surface area contributed by atoms with Crippen LogP contribution in [0, 0.1) is 6.92 Å². The molecule has 148 valence electrons. The molecule has 1 fully saturated rings. The number of aryl methyl sites for hydroxylation is 1. The summed E-state index contributed by atoms with van der Waals surface area (Å²) in [6.45, 7) is 2.09. The maximum absolute atomic E-state index is 5.81. The number of thiocarbonyl (C=S) groups is 1. The minimum absolute atomic E-state index is 0.0572. The highest BCUT2D eigenvalue weighted by Gasteiger charge is 2.42. The zero-order valence-electron chi connectivity index (χ0n) is 16.5. The van der Waals surface area contributed by atoms with Crippen LogP contribution in [0.5, 0.6) is 0 Å². The minimum atomic E-state index is -0.0736. The number of anilines is 1. The SMILES string of the molecule is Cc1ccc(N2C(=S)N[C@H](c3ccccn3)[C@@H]2c2cccn2-c2ccncc2)cc1. The lowest BCUT2D eigenvalue weighted by molar-refractivity contribution is 0.549. The Hall–Kier alpha value is -3.51. The summed E-state index contributed by atoms with van der Waals surface area (Å²) in [6.07, 6.45) is 7.53. The highest BCUT2D eigenvalue weighted by molar-refractivity contribution is 7.80. The van der Waals surface area contributed by atoms with Gasteiger partial charge in [0.25, 0.3) is 0 Å². The molecule has 0 radical (unpaired) electrons. The Morgan fingerprint density at radius 3 is 2.40 bits per heavy atom. The second-order valence-electron chi connectivity index (χ2n) is 7.34. The second kappa shape index (κ2) is 7.72. The predicted molar refractivity (Wildman–Crippen MR) is 123 cm³/mol. The van der Waals surface area contributed by atoms with E-state index < -0.39 is 0 Å². The maximum atomic E-state index is 5.81. The van der Waals surface area contributed by atoms with Gasteiger partial charge in [0.15, 0.2) is 5.11 Å². The third kappa shape index (κ3) is 3.25. The molecule has 4 aromatic rings. The molecule has 0 amide bonds. The van der Waals surface area contributed by atoms with Crippen LogP contribution in [0.25, 0.3) is 5.69 Å². The molecule has 1 saturated heterocycles. The molecule has 1 aliphatic rings. The van der Waals surface area contributed by atoms with Gasteiger partial charge in [0, 0.05) is 41.9 Å². The predicted octanol–water partition coefficient (Wildman–Crippen LogP) is 4.75. The van der Waals surface area contributed by atoms with Crippen molar-refractivity contribution >= 4 is 23.0 Å². The van der Waals surface area contributed by atoms with Crippen molar-refractivity contribution in [1.29, 1.82) is 0 Å². The van der Waals surface area contributed by atoms with E-state index in [-0.39, 0.29) is 12.1 Å².